The molecule has 1 N–H and O–H groups in total. The van der Waals surface area contributed by atoms with E-state index in [1.807, 2.05) is 6.92 Å². The minimum atomic E-state index is -3.50. The molecule has 5 rings (SSSR count). The largest absolute Gasteiger partial charge is 0.494 e. The van der Waals surface area contributed by atoms with Crippen molar-refractivity contribution in [1.29, 1.82) is 0 Å². The van der Waals surface area contributed by atoms with Gasteiger partial charge in [0.15, 0.2) is 15.7 Å². The quantitative estimate of drug-likeness (QED) is 0.299. The van der Waals surface area contributed by atoms with Gasteiger partial charge in [0.2, 0.25) is 0 Å². The van der Waals surface area contributed by atoms with Gasteiger partial charge in [0.1, 0.15) is 16.6 Å². The molecule has 0 amide bonds. The lowest BCUT2D eigenvalue weighted by Gasteiger charge is -2.38. The monoisotopic (exact) mass is 597 g/mol. The highest BCUT2D eigenvalue weighted by molar-refractivity contribution is 7.92. The van der Waals surface area contributed by atoms with Crippen LogP contribution in [-0.2, 0) is 16.3 Å². The van der Waals surface area contributed by atoms with Crippen molar-refractivity contribution in [3.63, 3.8) is 0 Å². The summed E-state index contributed by atoms with van der Waals surface area (Å²) in [6, 6.07) is 13.9. The van der Waals surface area contributed by atoms with E-state index >= 15 is 0 Å². The highest BCUT2D eigenvalue weighted by Gasteiger charge is 2.27. The molecule has 0 aliphatic carbocycles. The molecule has 2 fully saturated rings. The minimum Gasteiger partial charge on any atom is -0.494 e. The number of halogens is 1. The van der Waals surface area contributed by atoms with Crippen LogP contribution in [0, 0.1) is 0 Å². The maximum absolute atomic E-state index is 12.9. The molecule has 3 aromatic rings. The molecule has 2 aliphatic heterocycles. The molecule has 0 atom stereocenters. The predicted molar refractivity (Wildman–Crippen MR) is 166 cm³/mol. The number of ether oxygens (including phenoxy) is 1. The van der Waals surface area contributed by atoms with Gasteiger partial charge in [0.25, 0.3) is 0 Å². The van der Waals surface area contributed by atoms with Crippen molar-refractivity contribution in [2.75, 3.05) is 43.0 Å². The first-order valence-electron chi connectivity index (χ1n) is 14.6. The Balaban J connectivity index is 1.33. The van der Waals surface area contributed by atoms with Crippen LogP contribution < -0.4 is 15.0 Å². The van der Waals surface area contributed by atoms with Gasteiger partial charge in [0, 0.05) is 42.9 Å². The Morgan fingerprint density at radius 1 is 1.07 bits per heavy atom. The van der Waals surface area contributed by atoms with Crippen LogP contribution in [0.5, 0.6) is 5.75 Å². The van der Waals surface area contributed by atoms with Crippen molar-refractivity contribution in [1.82, 2.24) is 14.9 Å². The molecule has 2 aliphatic rings. The third-order valence-electron chi connectivity index (χ3n) is 8.05. The lowest BCUT2D eigenvalue weighted by molar-refractivity contribution is 0.208. The summed E-state index contributed by atoms with van der Waals surface area (Å²) in [5, 5.41) is 2.89. The van der Waals surface area contributed by atoms with Gasteiger partial charge >= 0.3 is 0 Å². The van der Waals surface area contributed by atoms with E-state index < -0.39 is 15.1 Å². The first-order chi connectivity index (χ1) is 19.8. The molecule has 10 heteroatoms. The van der Waals surface area contributed by atoms with Crippen LogP contribution in [0.15, 0.2) is 53.6 Å². The van der Waals surface area contributed by atoms with Gasteiger partial charge in [0.05, 0.1) is 28.6 Å². The molecule has 8 nitrogen and oxygen atoms in total. The lowest BCUT2D eigenvalue weighted by atomic mass is 10.0. The maximum Gasteiger partial charge on any atom is 0.182 e. The standard InChI is InChI=1S/C31H40ClN5O3S/c1-4-40-28-20-25(37-17-13-24(14-18-37)36-15-7-8-16-36)12-11-23(28)19-30-33-21-26(32)31(35-30)34-27-9-5-6-10-29(27)41(38,39)22(2)3/h5-6,9-12,20-22,24H,4,7-8,13-19H2,1-3H3,(H,33,34,35). The molecular weight excluding hydrogens is 558 g/mol. The average Bonchev–Trinajstić information content (AvgIpc) is 3.51. The summed E-state index contributed by atoms with van der Waals surface area (Å²) in [6.07, 6.45) is 7.06. The van der Waals surface area contributed by atoms with E-state index in [1.165, 1.54) is 44.5 Å². The van der Waals surface area contributed by atoms with Gasteiger partial charge in [-0.15, -0.1) is 0 Å². The zero-order chi connectivity index (χ0) is 29.0. The summed E-state index contributed by atoms with van der Waals surface area (Å²) >= 11 is 6.45. The van der Waals surface area contributed by atoms with Crippen LogP contribution in [0.1, 0.15) is 57.8 Å². The molecule has 0 radical (unpaired) electrons. The van der Waals surface area contributed by atoms with Gasteiger partial charge < -0.3 is 19.9 Å². The zero-order valence-corrected chi connectivity index (χ0v) is 25.7. The first-order valence-corrected chi connectivity index (χ1v) is 16.5. The SMILES string of the molecule is CCOc1cc(N2CCC(N3CCCC3)CC2)ccc1Cc1ncc(Cl)c(Nc2ccccc2S(=O)(=O)C(C)C)n1. The molecule has 0 saturated carbocycles. The maximum atomic E-state index is 12.9. The fourth-order valence-electron chi connectivity index (χ4n) is 5.72. The average molecular weight is 598 g/mol. The normalized spacial score (nSPS) is 16.9. The molecule has 0 spiro atoms. The van der Waals surface area contributed by atoms with Crippen LogP contribution in [-0.4, -0.2) is 67.4 Å². The number of para-hydroxylation sites is 1. The van der Waals surface area contributed by atoms with Crippen molar-refractivity contribution in [2.45, 2.75) is 69.1 Å². The highest BCUT2D eigenvalue weighted by Crippen LogP contribution is 2.33. The minimum absolute atomic E-state index is 0.213. The van der Waals surface area contributed by atoms with E-state index in [4.69, 9.17) is 16.3 Å². The number of sulfone groups is 1. The van der Waals surface area contributed by atoms with E-state index in [2.05, 4.69) is 43.3 Å². The first kappa shape index (κ1) is 29.6. The second-order valence-electron chi connectivity index (χ2n) is 11.1. The summed E-state index contributed by atoms with van der Waals surface area (Å²) in [4.78, 5) is 14.5. The van der Waals surface area contributed by atoms with Gasteiger partial charge in [-0.25, -0.2) is 18.4 Å². The number of rotatable bonds is 10. The fourth-order valence-corrected chi connectivity index (χ4v) is 7.06. The molecule has 1 aromatic heterocycles. The lowest BCUT2D eigenvalue weighted by Crippen LogP contribution is -2.43. The van der Waals surface area contributed by atoms with Gasteiger partial charge in [-0.2, -0.15) is 0 Å². The topological polar surface area (TPSA) is 87.7 Å². The van der Waals surface area contributed by atoms with E-state index in [0.717, 1.165) is 24.4 Å². The number of aromatic nitrogens is 2. The third-order valence-corrected chi connectivity index (χ3v) is 10.5. The van der Waals surface area contributed by atoms with E-state index in [0.29, 0.717) is 41.4 Å². The number of benzene rings is 2. The number of hydrogen-bond acceptors (Lipinski definition) is 8. The predicted octanol–water partition coefficient (Wildman–Crippen LogP) is 6.11. The van der Waals surface area contributed by atoms with Crippen molar-refractivity contribution >= 4 is 38.6 Å². The van der Waals surface area contributed by atoms with Crippen LogP contribution in [0.2, 0.25) is 5.02 Å². The van der Waals surface area contributed by atoms with E-state index in [1.54, 1.807) is 44.3 Å². The highest BCUT2D eigenvalue weighted by atomic mass is 35.5. The number of piperidine rings is 1. The molecule has 0 unspecified atom stereocenters. The zero-order valence-electron chi connectivity index (χ0n) is 24.1. The van der Waals surface area contributed by atoms with Crippen LogP contribution in [0.4, 0.5) is 17.2 Å². The summed E-state index contributed by atoms with van der Waals surface area (Å²) < 4.78 is 31.9. The number of nitrogens with one attached hydrogen (secondary N) is 1. The molecule has 2 aromatic carbocycles. The summed E-state index contributed by atoms with van der Waals surface area (Å²) in [5.41, 5.74) is 2.60. The Labute approximate surface area is 249 Å². The van der Waals surface area contributed by atoms with Crippen molar-refractivity contribution in [3.05, 3.63) is 65.1 Å². The van der Waals surface area contributed by atoms with Gasteiger partial charge in [-0.3, -0.25) is 0 Å². The van der Waals surface area contributed by atoms with E-state index in [9.17, 15) is 8.42 Å². The van der Waals surface area contributed by atoms with Gasteiger partial charge in [-0.05, 0) is 77.7 Å². The number of anilines is 3. The van der Waals surface area contributed by atoms with Crippen LogP contribution in [0.3, 0.4) is 0 Å². The Morgan fingerprint density at radius 3 is 2.51 bits per heavy atom. The summed E-state index contributed by atoms with van der Waals surface area (Å²) in [5.74, 6) is 1.74. The van der Waals surface area contributed by atoms with E-state index in [-0.39, 0.29) is 4.90 Å². The van der Waals surface area contributed by atoms with Gasteiger partial charge in [-0.1, -0.05) is 29.8 Å². The molecular formula is C31H40ClN5O3S. The van der Waals surface area contributed by atoms with Crippen molar-refractivity contribution in [2.24, 2.45) is 0 Å². The fraction of sp³-hybridized carbons (Fsp3) is 0.484. The van der Waals surface area contributed by atoms with Crippen molar-refractivity contribution in [3.8, 4) is 5.75 Å². The molecule has 0 bridgehead atoms. The Morgan fingerprint density at radius 2 is 1.80 bits per heavy atom. The van der Waals surface area contributed by atoms with Crippen molar-refractivity contribution < 1.29 is 13.2 Å². The Hall–Kier alpha value is -2.88. The van der Waals surface area contributed by atoms with Crippen LogP contribution >= 0.6 is 11.6 Å². The number of nitrogens with zero attached hydrogens (tertiary/aromatic N) is 4. The smallest absolute Gasteiger partial charge is 0.182 e. The molecule has 41 heavy (non-hydrogen) atoms. The number of likely N-dealkylation sites (tertiary alicyclic amines) is 1. The number of hydrogen-bond donors (Lipinski definition) is 1. The Bertz CT molecular complexity index is 1450. The molecule has 3 heterocycles. The summed E-state index contributed by atoms with van der Waals surface area (Å²) in [7, 11) is -3.50. The summed E-state index contributed by atoms with van der Waals surface area (Å²) in [6.45, 7) is 10.5. The van der Waals surface area contributed by atoms with Crippen LogP contribution in [0.25, 0.3) is 0 Å². The molecule has 220 valence electrons. The second kappa shape index (κ2) is 13.0. The third kappa shape index (κ3) is 6.79. The second-order valence-corrected chi connectivity index (χ2v) is 13.9. The molecule has 2 saturated heterocycles. The Kier molecular flexibility index (Phi) is 9.36.